The summed E-state index contributed by atoms with van der Waals surface area (Å²) in [6.07, 6.45) is 1.74. The van der Waals surface area contributed by atoms with Crippen molar-refractivity contribution in [2.24, 2.45) is 0 Å². The van der Waals surface area contributed by atoms with Crippen LogP contribution in [0.3, 0.4) is 0 Å². The molecule has 1 aromatic heterocycles. The van der Waals surface area contributed by atoms with E-state index in [4.69, 9.17) is 0 Å². The van der Waals surface area contributed by atoms with Crippen molar-refractivity contribution in [1.82, 2.24) is 10.2 Å². The average molecular weight is 251 g/mol. The van der Waals surface area contributed by atoms with E-state index in [9.17, 15) is 9.90 Å². The Hall–Kier alpha value is -1.69. The van der Waals surface area contributed by atoms with Gasteiger partial charge in [-0.3, -0.25) is 0 Å². The molecule has 0 atom stereocenters. The molecule has 6 nitrogen and oxygen atoms in total. The Bertz CT molecular complexity index is 427. The Labute approximate surface area is 106 Å². The van der Waals surface area contributed by atoms with Crippen LogP contribution in [0.15, 0.2) is 12.1 Å². The summed E-state index contributed by atoms with van der Waals surface area (Å²) in [4.78, 5) is 13.1. The Balaban J connectivity index is 1.98. The Kier molecular flexibility index (Phi) is 3.47. The maximum absolute atomic E-state index is 11.2. The normalized spacial score (nSPS) is 17.2. The van der Waals surface area contributed by atoms with Crippen LogP contribution in [0.2, 0.25) is 0 Å². The summed E-state index contributed by atoms with van der Waals surface area (Å²) in [5, 5.41) is 17.8. The monoisotopic (exact) mass is 251 g/mol. The minimum absolute atomic E-state index is 0.186. The number of aliphatic hydroxyl groups is 1. The zero-order valence-corrected chi connectivity index (χ0v) is 10.6. The number of aromatic nitrogens is 2. The molecule has 1 aliphatic rings. The highest BCUT2D eigenvalue weighted by molar-refractivity contribution is 5.87. The molecule has 0 saturated carbocycles. The predicted octanol–water partition coefficient (Wildman–Crippen LogP) is 0.614. The maximum Gasteiger partial charge on any atom is 0.358 e. The van der Waals surface area contributed by atoms with Gasteiger partial charge >= 0.3 is 5.97 Å². The van der Waals surface area contributed by atoms with E-state index < -0.39 is 11.6 Å². The molecule has 1 fully saturated rings. The van der Waals surface area contributed by atoms with Crippen molar-refractivity contribution in [3.8, 4) is 0 Å². The SMILES string of the molecule is CCCC1(O)CN(c2ccc(C(=O)OC)nn2)C1. The van der Waals surface area contributed by atoms with Gasteiger partial charge in [-0.2, -0.15) is 0 Å². The first-order valence-corrected chi connectivity index (χ1v) is 5.97. The standard InChI is InChI=1S/C12H17N3O3/c1-3-6-12(17)7-15(8-12)10-5-4-9(13-14-10)11(16)18-2/h4-5,17H,3,6-8H2,1-2H3. The van der Waals surface area contributed by atoms with Gasteiger partial charge < -0.3 is 14.7 Å². The van der Waals surface area contributed by atoms with E-state index in [2.05, 4.69) is 14.9 Å². The lowest BCUT2D eigenvalue weighted by molar-refractivity contribution is 0.00282. The highest BCUT2D eigenvalue weighted by atomic mass is 16.5. The van der Waals surface area contributed by atoms with E-state index in [0.717, 1.165) is 12.8 Å². The van der Waals surface area contributed by atoms with Crippen molar-refractivity contribution in [2.75, 3.05) is 25.1 Å². The van der Waals surface area contributed by atoms with Crippen molar-refractivity contribution in [3.05, 3.63) is 17.8 Å². The number of carbonyl (C=O) groups excluding carboxylic acids is 1. The molecular formula is C12H17N3O3. The van der Waals surface area contributed by atoms with Crippen molar-refractivity contribution in [3.63, 3.8) is 0 Å². The number of hydrogen-bond acceptors (Lipinski definition) is 6. The molecule has 0 aliphatic carbocycles. The van der Waals surface area contributed by atoms with E-state index in [-0.39, 0.29) is 5.69 Å². The first kappa shape index (κ1) is 12.8. The van der Waals surface area contributed by atoms with Crippen LogP contribution in [0.25, 0.3) is 0 Å². The van der Waals surface area contributed by atoms with E-state index in [1.165, 1.54) is 7.11 Å². The third-order valence-corrected chi connectivity index (χ3v) is 3.05. The summed E-state index contributed by atoms with van der Waals surface area (Å²) in [6, 6.07) is 3.29. The Morgan fingerprint density at radius 3 is 2.72 bits per heavy atom. The molecule has 18 heavy (non-hydrogen) atoms. The fourth-order valence-corrected chi connectivity index (χ4v) is 2.16. The summed E-state index contributed by atoms with van der Waals surface area (Å²) in [7, 11) is 1.30. The highest BCUT2D eigenvalue weighted by Gasteiger charge is 2.40. The smallest absolute Gasteiger partial charge is 0.358 e. The van der Waals surface area contributed by atoms with Crippen molar-refractivity contribution < 1.29 is 14.6 Å². The molecule has 1 saturated heterocycles. The van der Waals surface area contributed by atoms with Gasteiger partial charge in [-0.15, -0.1) is 10.2 Å². The zero-order valence-electron chi connectivity index (χ0n) is 10.6. The minimum Gasteiger partial charge on any atom is -0.464 e. The molecule has 0 bridgehead atoms. The zero-order chi connectivity index (χ0) is 13.2. The average Bonchev–Trinajstić information content (AvgIpc) is 2.35. The molecule has 0 aromatic carbocycles. The van der Waals surface area contributed by atoms with Crippen LogP contribution in [-0.2, 0) is 4.74 Å². The van der Waals surface area contributed by atoms with Gasteiger partial charge in [0.2, 0.25) is 0 Å². The highest BCUT2D eigenvalue weighted by Crippen LogP contribution is 2.29. The molecule has 2 rings (SSSR count). The second-order valence-corrected chi connectivity index (χ2v) is 4.60. The van der Waals surface area contributed by atoms with Gasteiger partial charge in [-0.1, -0.05) is 13.3 Å². The van der Waals surface area contributed by atoms with Gasteiger partial charge in [0.05, 0.1) is 25.8 Å². The number of hydrogen-bond donors (Lipinski definition) is 1. The van der Waals surface area contributed by atoms with Crippen LogP contribution in [0.1, 0.15) is 30.3 Å². The predicted molar refractivity (Wildman–Crippen MR) is 65.4 cm³/mol. The molecule has 98 valence electrons. The number of esters is 1. The van der Waals surface area contributed by atoms with E-state index >= 15 is 0 Å². The lowest BCUT2D eigenvalue weighted by Crippen LogP contribution is -2.62. The van der Waals surface area contributed by atoms with Crippen LogP contribution < -0.4 is 4.90 Å². The number of methoxy groups -OCH3 is 1. The van der Waals surface area contributed by atoms with Gasteiger partial charge in [0.15, 0.2) is 11.5 Å². The third-order valence-electron chi connectivity index (χ3n) is 3.05. The molecule has 0 radical (unpaired) electrons. The van der Waals surface area contributed by atoms with E-state index in [1.807, 2.05) is 11.8 Å². The number of anilines is 1. The van der Waals surface area contributed by atoms with E-state index in [1.54, 1.807) is 12.1 Å². The van der Waals surface area contributed by atoms with Crippen molar-refractivity contribution in [1.29, 1.82) is 0 Å². The molecule has 0 unspecified atom stereocenters. The number of β-amino-alcohol motifs (C(OH)–C–C–N with tert-alkyl or cyclic N) is 1. The fraction of sp³-hybridized carbons (Fsp3) is 0.583. The van der Waals surface area contributed by atoms with Crippen molar-refractivity contribution in [2.45, 2.75) is 25.4 Å². The lowest BCUT2D eigenvalue weighted by atomic mass is 9.89. The molecule has 0 spiro atoms. The molecule has 6 heteroatoms. The van der Waals surface area contributed by atoms with Crippen molar-refractivity contribution >= 4 is 11.8 Å². The summed E-state index contributed by atoms with van der Waals surface area (Å²) < 4.78 is 4.55. The van der Waals surface area contributed by atoms with E-state index in [0.29, 0.717) is 18.9 Å². The fourth-order valence-electron chi connectivity index (χ4n) is 2.16. The minimum atomic E-state index is -0.600. The van der Waals surface area contributed by atoms with Gasteiger partial charge in [0.1, 0.15) is 0 Å². The van der Waals surface area contributed by atoms with Crippen LogP contribution in [0.4, 0.5) is 5.82 Å². The Morgan fingerprint density at radius 2 is 2.22 bits per heavy atom. The molecule has 2 heterocycles. The maximum atomic E-state index is 11.2. The quantitative estimate of drug-likeness (QED) is 0.790. The second-order valence-electron chi connectivity index (χ2n) is 4.60. The van der Waals surface area contributed by atoms with Gasteiger partial charge in [-0.25, -0.2) is 4.79 Å². The molecule has 1 aliphatic heterocycles. The van der Waals surface area contributed by atoms with Crippen LogP contribution in [0, 0.1) is 0 Å². The first-order valence-electron chi connectivity index (χ1n) is 5.97. The van der Waals surface area contributed by atoms with Gasteiger partial charge in [0.25, 0.3) is 0 Å². The summed E-state index contributed by atoms with van der Waals surface area (Å²) in [5.41, 5.74) is -0.414. The topological polar surface area (TPSA) is 75.5 Å². The summed E-state index contributed by atoms with van der Waals surface area (Å²) in [6.45, 7) is 3.17. The number of rotatable bonds is 4. The number of carbonyl (C=O) groups is 1. The van der Waals surface area contributed by atoms with Gasteiger partial charge in [-0.05, 0) is 18.6 Å². The molecular weight excluding hydrogens is 234 g/mol. The lowest BCUT2D eigenvalue weighted by Gasteiger charge is -2.47. The molecule has 1 aromatic rings. The van der Waals surface area contributed by atoms with Crippen LogP contribution in [-0.4, -0.2) is 47.1 Å². The second kappa shape index (κ2) is 4.89. The summed E-state index contributed by atoms with van der Waals surface area (Å²) >= 11 is 0. The number of nitrogens with zero attached hydrogens (tertiary/aromatic N) is 3. The Morgan fingerprint density at radius 1 is 1.50 bits per heavy atom. The van der Waals surface area contributed by atoms with Crippen LogP contribution >= 0.6 is 0 Å². The van der Waals surface area contributed by atoms with Crippen LogP contribution in [0.5, 0.6) is 0 Å². The first-order chi connectivity index (χ1) is 8.58. The van der Waals surface area contributed by atoms with Gasteiger partial charge in [0, 0.05) is 0 Å². The third kappa shape index (κ3) is 2.43. The largest absolute Gasteiger partial charge is 0.464 e. The number of ether oxygens (including phenoxy) is 1. The summed E-state index contributed by atoms with van der Waals surface area (Å²) in [5.74, 6) is 0.170. The molecule has 1 N–H and O–H groups in total. The molecule has 0 amide bonds.